The van der Waals surface area contributed by atoms with Gasteiger partial charge in [0.25, 0.3) is 0 Å². The average molecular weight is 473 g/mol. The van der Waals surface area contributed by atoms with Crippen molar-refractivity contribution in [3.63, 3.8) is 0 Å². The predicted molar refractivity (Wildman–Crippen MR) is 127 cm³/mol. The molecule has 10 N–H and O–H groups in total. The second-order valence-corrected chi connectivity index (χ2v) is 9.04. The molecule has 0 bridgehead atoms. The van der Waals surface area contributed by atoms with Crippen LogP contribution in [-0.4, -0.2) is 66.1 Å². The first-order chi connectivity index (χ1) is 15.5. The Morgan fingerprint density at radius 3 is 1.64 bits per heavy atom. The van der Waals surface area contributed by atoms with Gasteiger partial charge in [0.15, 0.2) is 0 Å². The third-order valence-electron chi connectivity index (χ3n) is 5.36. The van der Waals surface area contributed by atoms with Crippen LogP contribution in [0.1, 0.15) is 66.2 Å². The smallest absolute Gasteiger partial charge is 0.326 e. The molecule has 0 aromatic carbocycles. The number of carbonyl (C=O) groups is 4. The lowest BCUT2D eigenvalue weighted by Gasteiger charge is -2.28. The van der Waals surface area contributed by atoms with E-state index in [2.05, 4.69) is 16.0 Å². The maximum atomic E-state index is 13.0. The first-order valence-electron chi connectivity index (χ1n) is 11.8. The summed E-state index contributed by atoms with van der Waals surface area (Å²) in [7, 11) is 0. The lowest BCUT2D eigenvalue weighted by Crippen LogP contribution is -2.59. The summed E-state index contributed by atoms with van der Waals surface area (Å²) in [6.07, 6.45) is 3.50. The predicted octanol–water partition coefficient (Wildman–Crippen LogP) is -0.577. The fourth-order valence-corrected chi connectivity index (χ4v) is 3.23. The van der Waals surface area contributed by atoms with Gasteiger partial charge in [0, 0.05) is 0 Å². The van der Waals surface area contributed by atoms with Crippen LogP contribution in [0.15, 0.2) is 0 Å². The molecule has 0 radical (unpaired) electrons. The SMILES string of the molecule is CC(C)[C@H](NC(=O)[C@@H](NC(=O)[C@H](CCCCN)NC(=O)[C@@H](N)CCCCN)C(C)C)C(=O)O. The van der Waals surface area contributed by atoms with Crippen LogP contribution in [0, 0.1) is 11.8 Å². The Hall–Kier alpha value is -2.24. The lowest BCUT2D eigenvalue weighted by molar-refractivity contribution is -0.143. The fraction of sp³-hybridized carbons (Fsp3) is 0.818. The van der Waals surface area contributed by atoms with Crippen molar-refractivity contribution in [1.82, 2.24) is 16.0 Å². The number of nitrogens with one attached hydrogen (secondary N) is 3. The van der Waals surface area contributed by atoms with Crippen LogP contribution in [0.4, 0.5) is 0 Å². The molecule has 0 saturated carbocycles. The van der Waals surface area contributed by atoms with Crippen LogP contribution in [0.5, 0.6) is 0 Å². The number of nitrogens with two attached hydrogens (primary N) is 3. The molecule has 4 atom stereocenters. The maximum Gasteiger partial charge on any atom is 0.326 e. The highest BCUT2D eigenvalue weighted by Gasteiger charge is 2.32. The van der Waals surface area contributed by atoms with Gasteiger partial charge in [0.05, 0.1) is 6.04 Å². The van der Waals surface area contributed by atoms with Crippen molar-refractivity contribution in [2.24, 2.45) is 29.0 Å². The summed E-state index contributed by atoms with van der Waals surface area (Å²) < 4.78 is 0. The van der Waals surface area contributed by atoms with E-state index in [0.29, 0.717) is 45.2 Å². The summed E-state index contributed by atoms with van der Waals surface area (Å²) in [5.74, 6) is -3.36. The number of amides is 3. The number of aliphatic carboxylic acids is 1. The van der Waals surface area contributed by atoms with Crippen LogP contribution >= 0.6 is 0 Å². The molecule has 0 aliphatic rings. The third-order valence-corrected chi connectivity index (χ3v) is 5.36. The summed E-state index contributed by atoms with van der Waals surface area (Å²) in [5.41, 5.74) is 17.0. The Morgan fingerprint density at radius 2 is 1.18 bits per heavy atom. The number of unbranched alkanes of at least 4 members (excludes halogenated alkanes) is 2. The van der Waals surface area contributed by atoms with E-state index in [9.17, 15) is 24.3 Å². The van der Waals surface area contributed by atoms with Gasteiger partial charge in [-0.05, 0) is 57.0 Å². The quantitative estimate of drug-likeness (QED) is 0.136. The minimum Gasteiger partial charge on any atom is -0.480 e. The Labute approximate surface area is 197 Å². The van der Waals surface area contributed by atoms with Crippen LogP contribution in [0.25, 0.3) is 0 Å². The van der Waals surface area contributed by atoms with Gasteiger partial charge < -0.3 is 38.3 Å². The van der Waals surface area contributed by atoms with Gasteiger partial charge in [-0.1, -0.05) is 34.1 Å². The van der Waals surface area contributed by atoms with E-state index in [0.717, 1.165) is 6.42 Å². The van der Waals surface area contributed by atoms with Crippen molar-refractivity contribution in [3.8, 4) is 0 Å². The first-order valence-corrected chi connectivity index (χ1v) is 11.8. The highest BCUT2D eigenvalue weighted by atomic mass is 16.4. The number of hydrogen-bond acceptors (Lipinski definition) is 7. The normalized spacial score (nSPS) is 14.9. The number of carbonyl (C=O) groups excluding carboxylic acids is 3. The minimum absolute atomic E-state index is 0.311. The minimum atomic E-state index is -1.15. The van der Waals surface area contributed by atoms with Crippen molar-refractivity contribution in [3.05, 3.63) is 0 Å². The van der Waals surface area contributed by atoms with E-state index in [1.165, 1.54) is 0 Å². The van der Waals surface area contributed by atoms with E-state index in [4.69, 9.17) is 17.2 Å². The molecule has 0 fully saturated rings. The van der Waals surface area contributed by atoms with E-state index in [1.807, 2.05) is 0 Å². The molecule has 0 heterocycles. The fourth-order valence-electron chi connectivity index (χ4n) is 3.23. The van der Waals surface area contributed by atoms with Crippen molar-refractivity contribution in [1.29, 1.82) is 0 Å². The highest BCUT2D eigenvalue weighted by Crippen LogP contribution is 2.09. The van der Waals surface area contributed by atoms with Gasteiger partial charge in [-0.15, -0.1) is 0 Å². The van der Waals surface area contributed by atoms with Gasteiger partial charge in [-0.3, -0.25) is 14.4 Å². The zero-order chi connectivity index (χ0) is 25.6. The number of carboxylic acids is 1. The maximum absolute atomic E-state index is 13.0. The van der Waals surface area contributed by atoms with Gasteiger partial charge in [-0.2, -0.15) is 0 Å². The van der Waals surface area contributed by atoms with Crippen molar-refractivity contribution >= 4 is 23.7 Å². The van der Waals surface area contributed by atoms with E-state index in [1.54, 1.807) is 27.7 Å². The second-order valence-electron chi connectivity index (χ2n) is 9.04. The Morgan fingerprint density at radius 1 is 0.697 bits per heavy atom. The number of hydrogen-bond donors (Lipinski definition) is 7. The molecule has 3 amide bonds. The number of carboxylic acid groups (broad SMARTS) is 1. The summed E-state index contributed by atoms with van der Waals surface area (Å²) in [6, 6.07) is -3.71. The van der Waals surface area contributed by atoms with Gasteiger partial charge >= 0.3 is 5.97 Å². The highest BCUT2D eigenvalue weighted by molar-refractivity contribution is 5.94. The van der Waals surface area contributed by atoms with Crippen molar-refractivity contribution in [2.75, 3.05) is 13.1 Å². The molecular formula is C22H44N6O5. The zero-order valence-corrected chi connectivity index (χ0v) is 20.4. The first kappa shape index (κ1) is 30.8. The molecule has 0 aromatic heterocycles. The molecule has 0 spiro atoms. The van der Waals surface area contributed by atoms with Crippen molar-refractivity contribution in [2.45, 2.75) is 90.4 Å². The van der Waals surface area contributed by atoms with Gasteiger partial charge in [-0.25, -0.2) is 4.79 Å². The van der Waals surface area contributed by atoms with E-state index in [-0.39, 0.29) is 11.8 Å². The molecule has 11 nitrogen and oxygen atoms in total. The summed E-state index contributed by atoms with van der Waals surface area (Å²) in [5, 5.41) is 17.2. The Kier molecular flexibility index (Phi) is 15.3. The largest absolute Gasteiger partial charge is 0.480 e. The number of rotatable bonds is 17. The Bertz CT molecular complexity index is 628. The van der Waals surface area contributed by atoms with E-state index < -0.39 is 47.9 Å². The average Bonchev–Trinajstić information content (AvgIpc) is 2.73. The van der Waals surface area contributed by atoms with Crippen LogP contribution < -0.4 is 33.2 Å². The molecule has 192 valence electrons. The molecule has 33 heavy (non-hydrogen) atoms. The van der Waals surface area contributed by atoms with Crippen LogP contribution in [-0.2, 0) is 19.2 Å². The monoisotopic (exact) mass is 472 g/mol. The topological polar surface area (TPSA) is 203 Å². The molecule has 0 rings (SSSR count). The third kappa shape index (κ3) is 12.0. The van der Waals surface area contributed by atoms with Crippen LogP contribution in [0.3, 0.4) is 0 Å². The molecule has 0 saturated heterocycles. The zero-order valence-electron chi connectivity index (χ0n) is 20.4. The lowest BCUT2D eigenvalue weighted by atomic mass is 9.99. The second kappa shape index (κ2) is 16.4. The van der Waals surface area contributed by atoms with E-state index >= 15 is 0 Å². The summed E-state index contributed by atoms with van der Waals surface area (Å²) in [4.78, 5) is 49.8. The van der Waals surface area contributed by atoms with Gasteiger partial charge in [0.1, 0.15) is 18.1 Å². The summed E-state index contributed by atoms with van der Waals surface area (Å²) >= 11 is 0. The molecule has 0 unspecified atom stereocenters. The molecule has 0 aliphatic heterocycles. The molecular weight excluding hydrogens is 428 g/mol. The Balaban J connectivity index is 5.34. The van der Waals surface area contributed by atoms with Crippen molar-refractivity contribution < 1.29 is 24.3 Å². The van der Waals surface area contributed by atoms with Crippen LogP contribution in [0.2, 0.25) is 0 Å². The molecule has 0 aromatic rings. The summed E-state index contributed by atoms with van der Waals surface area (Å²) in [6.45, 7) is 7.81. The molecule has 0 aliphatic carbocycles. The molecule has 11 heteroatoms. The van der Waals surface area contributed by atoms with Gasteiger partial charge in [0.2, 0.25) is 17.7 Å². The standard InChI is InChI=1S/C22H44N6O5/c1-13(2)17(21(31)28-18(14(3)4)22(32)33)27-20(30)16(10-6-8-12-24)26-19(29)15(25)9-5-7-11-23/h13-18H,5-12,23-25H2,1-4H3,(H,26,29)(H,27,30)(H,28,31)(H,32,33)/t15-,16-,17-,18-/m0/s1.